The third kappa shape index (κ3) is 4.35. The van der Waals surface area contributed by atoms with E-state index >= 15 is 0 Å². The molecule has 0 unspecified atom stereocenters. The minimum Gasteiger partial charge on any atom is -0.331 e. The summed E-state index contributed by atoms with van der Waals surface area (Å²) in [7, 11) is 0. The second-order valence-electron chi connectivity index (χ2n) is 5.26. The van der Waals surface area contributed by atoms with E-state index in [0.717, 1.165) is 25.7 Å². The van der Waals surface area contributed by atoms with E-state index in [0.29, 0.717) is 15.7 Å². The molecule has 1 aromatic carbocycles. The Kier molecular flexibility index (Phi) is 5.48. The van der Waals surface area contributed by atoms with Crippen LogP contribution in [0.4, 0.5) is 5.69 Å². The van der Waals surface area contributed by atoms with E-state index in [1.165, 1.54) is 6.92 Å². The molecule has 0 saturated heterocycles. The predicted molar refractivity (Wildman–Crippen MR) is 84.7 cm³/mol. The van der Waals surface area contributed by atoms with E-state index in [9.17, 15) is 9.59 Å². The predicted octanol–water partition coefficient (Wildman–Crippen LogP) is 3.72. The minimum atomic E-state index is -0.249. The molecule has 1 fully saturated rings. The average Bonchev–Trinajstić information content (AvgIpc) is 2.92. The number of benzene rings is 1. The van der Waals surface area contributed by atoms with Crippen molar-refractivity contribution >= 4 is 40.7 Å². The molecular formula is C15H18Cl2N2O2. The number of halogens is 2. The van der Waals surface area contributed by atoms with Gasteiger partial charge in [0.05, 0.1) is 10.7 Å². The lowest BCUT2D eigenvalue weighted by atomic mass is 10.2. The van der Waals surface area contributed by atoms with Crippen LogP contribution in [0.25, 0.3) is 0 Å². The molecule has 1 saturated carbocycles. The maximum atomic E-state index is 12.1. The highest BCUT2D eigenvalue weighted by Crippen LogP contribution is 2.26. The first-order valence-corrected chi connectivity index (χ1v) is 7.75. The number of carbonyl (C=O) groups excluding carboxylic acids is 2. The zero-order valence-corrected chi connectivity index (χ0v) is 13.4. The Morgan fingerprint density at radius 2 is 1.95 bits per heavy atom. The van der Waals surface area contributed by atoms with Gasteiger partial charge in [0.25, 0.3) is 0 Å². The van der Waals surface area contributed by atoms with E-state index in [1.54, 1.807) is 23.1 Å². The smallest absolute Gasteiger partial charge is 0.244 e. The number of rotatable bonds is 4. The zero-order valence-electron chi connectivity index (χ0n) is 11.9. The summed E-state index contributed by atoms with van der Waals surface area (Å²) in [5.41, 5.74) is 0.501. The Morgan fingerprint density at radius 1 is 1.29 bits per heavy atom. The van der Waals surface area contributed by atoms with E-state index < -0.39 is 0 Å². The third-order valence-electron chi connectivity index (χ3n) is 3.69. The van der Waals surface area contributed by atoms with Crippen molar-refractivity contribution in [2.24, 2.45) is 0 Å². The van der Waals surface area contributed by atoms with Gasteiger partial charge in [-0.3, -0.25) is 9.59 Å². The highest BCUT2D eigenvalue weighted by atomic mass is 35.5. The molecule has 1 aromatic rings. The van der Waals surface area contributed by atoms with Crippen LogP contribution in [0.15, 0.2) is 18.2 Å². The van der Waals surface area contributed by atoms with Crippen LogP contribution in [0.2, 0.25) is 10.0 Å². The first-order valence-electron chi connectivity index (χ1n) is 6.99. The van der Waals surface area contributed by atoms with Gasteiger partial charge in [0, 0.05) is 18.0 Å². The molecule has 114 valence electrons. The Bertz CT molecular complexity index is 542. The van der Waals surface area contributed by atoms with Crippen LogP contribution in [0.1, 0.15) is 32.6 Å². The summed E-state index contributed by atoms with van der Waals surface area (Å²) in [4.78, 5) is 25.5. The number of carbonyl (C=O) groups is 2. The lowest BCUT2D eigenvalue weighted by molar-refractivity contribution is -0.135. The topological polar surface area (TPSA) is 49.4 Å². The fourth-order valence-electron chi connectivity index (χ4n) is 2.65. The molecule has 0 bridgehead atoms. The zero-order chi connectivity index (χ0) is 15.4. The van der Waals surface area contributed by atoms with Gasteiger partial charge in [-0.2, -0.15) is 0 Å². The van der Waals surface area contributed by atoms with Crippen LogP contribution in [0.3, 0.4) is 0 Å². The van der Waals surface area contributed by atoms with Gasteiger partial charge in [-0.15, -0.1) is 0 Å². The molecular weight excluding hydrogens is 311 g/mol. The van der Waals surface area contributed by atoms with Crippen LogP contribution in [-0.2, 0) is 9.59 Å². The summed E-state index contributed by atoms with van der Waals surface area (Å²) in [6, 6.07) is 5.05. The van der Waals surface area contributed by atoms with Crippen molar-refractivity contribution in [1.82, 2.24) is 4.90 Å². The Balaban J connectivity index is 2.00. The van der Waals surface area contributed by atoms with Gasteiger partial charge >= 0.3 is 0 Å². The Morgan fingerprint density at radius 3 is 2.52 bits per heavy atom. The second-order valence-corrected chi connectivity index (χ2v) is 6.10. The first kappa shape index (κ1) is 16.1. The molecule has 2 rings (SSSR count). The van der Waals surface area contributed by atoms with E-state index in [2.05, 4.69) is 5.32 Å². The molecule has 0 spiro atoms. The molecule has 0 aromatic heterocycles. The maximum absolute atomic E-state index is 12.1. The Hall–Kier alpha value is -1.26. The van der Waals surface area contributed by atoms with Crippen molar-refractivity contribution < 1.29 is 9.59 Å². The van der Waals surface area contributed by atoms with Gasteiger partial charge in [-0.1, -0.05) is 36.0 Å². The SMILES string of the molecule is CC(=O)N(CC(=O)Nc1ccc(Cl)cc1Cl)C1CCCC1. The third-order valence-corrected chi connectivity index (χ3v) is 4.24. The first-order chi connectivity index (χ1) is 9.97. The van der Waals surface area contributed by atoms with Crippen LogP contribution in [0.5, 0.6) is 0 Å². The standard InChI is InChI=1S/C15H18Cl2N2O2/c1-10(20)19(12-4-2-3-5-12)9-15(21)18-14-7-6-11(16)8-13(14)17/h6-8,12H,2-5,9H2,1H3,(H,18,21). The number of nitrogens with zero attached hydrogens (tertiary/aromatic N) is 1. The van der Waals surface area contributed by atoms with Crippen molar-refractivity contribution in [3.63, 3.8) is 0 Å². The fourth-order valence-corrected chi connectivity index (χ4v) is 3.10. The molecule has 1 aliphatic carbocycles. The van der Waals surface area contributed by atoms with E-state index in [1.807, 2.05) is 0 Å². The Labute approximate surface area is 134 Å². The molecule has 0 atom stereocenters. The summed E-state index contributed by atoms with van der Waals surface area (Å²) in [6.45, 7) is 1.56. The fraction of sp³-hybridized carbons (Fsp3) is 0.467. The van der Waals surface area contributed by atoms with Crippen molar-refractivity contribution in [2.45, 2.75) is 38.6 Å². The summed E-state index contributed by atoms with van der Waals surface area (Å²) < 4.78 is 0. The normalized spacial score (nSPS) is 15.0. The average molecular weight is 329 g/mol. The molecule has 1 N–H and O–H groups in total. The van der Waals surface area contributed by atoms with Gasteiger partial charge in [-0.05, 0) is 31.0 Å². The van der Waals surface area contributed by atoms with Gasteiger partial charge < -0.3 is 10.2 Å². The lowest BCUT2D eigenvalue weighted by Gasteiger charge is -2.27. The molecule has 2 amide bonds. The van der Waals surface area contributed by atoms with Crippen molar-refractivity contribution in [3.05, 3.63) is 28.2 Å². The second kappa shape index (κ2) is 7.14. The molecule has 1 aliphatic rings. The van der Waals surface area contributed by atoms with Crippen molar-refractivity contribution in [3.8, 4) is 0 Å². The van der Waals surface area contributed by atoms with Gasteiger partial charge in [0.2, 0.25) is 11.8 Å². The quantitative estimate of drug-likeness (QED) is 0.915. The molecule has 21 heavy (non-hydrogen) atoms. The van der Waals surface area contributed by atoms with Crippen LogP contribution in [0, 0.1) is 0 Å². The van der Waals surface area contributed by atoms with Crippen LogP contribution < -0.4 is 5.32 Å². The number of hydrogen-bond donors (Lipinski definition) is 1. The van der Waals surface area contributed by atoms with Gasteiger partial charge in [0.15, 0.2) is 0 Å². The summed E-state index contributed by atoms with van der Waals surface area (Å²) in [5, 5.41) is 3.61. The van der Waals surface area contributed by atoms with Gasteiger partial charge in [-0.25, -0.2) is 0 Å². The highest BCUT2D eigenvalue weighted by Gasteiger charge is 2.26. The molecule has 0 radical (unpaired) electrons. The largest absolute Gasteiger partial charge is 0.331 e. The number of hydrogen-bond acceptors (Lipinski definition) is 2. The van der Waals surface area contributed by atoms with Crippen LogP contribution in [-0.4, -0.2) is 29.3 Å². The number of anilines is 1. The molecule has 0 heterocycles. The van der Waals surface area contributed by atoms with Crippen LogP contribution >= 0.6 is 23.2 Å². The summed E-state index contributed by atoms with van der Waals surface area (Å²) >= 11 is 11.8. The van der Waals surface area contributed by atoms with Gasteiger partial charge in [0.1, 0.15) is 6.54 Å². The molecule has 6 heteroatoms. The van der Waals surface area contributed by atoms with E-state index in [4.69, 9.17) is 23.2 Å². The summed E-state index contributed by atoms with van der Waals surface area (Å²) in [6.07, 6.45) is 4.15. The maximum Gasteiger partial charge on any atom is 0.244 e. The molecule has 4 nitrogen and oxygen atoms in total. The van der Waals surface area contributed by atoms with Crippen molar-refractivity contribution in [2.75, 3.05) is 11.9 Å². The lowest BCUT2D eigenvalue weighted by Crippen LogP contribution is -2.42. The highest BCUT2D eigenvalue weighted by molar-refractivity contribution is 6.36. The number of nitrogens with one attached hydrogen (secondary N) is 1. The van der Waals surface area contributed by atoms with Crippen molar-refractivity contribution in [1.29, 1.82) is 0 Å². The minimum absolute atomic E-state index is 0.0545. The number of amides is 2. The monoisotopic (exact) mass is 328 g/mol. The molecule has 0 aliphatic heterocycles. The van der Waals surface area contributed by atoms with E-state index in [-0.39, 0.29) is 24.4 Å². The summed E-state index contributed by atoms with van der Waals surface area (Å²) in [5.74, 6) is -0.319.